The molecule has 0 fully saturated rings. The molecule has 0 bridgehead atoms. The number of rotatable bonds is 2. The SMILES string of the molecule is COc1cc(C(C)=O)n2c1CCCC2. The van der Waals surface area contributed by atoms with Crippen LogP contribution in [0.25, 0.3) is 0 Å². The lowest BCUT2D eigenvalue weighted by Crippen LogP contribution is -2.14. The number of ketones is 1. The average Bonchev–Trinajstić information content (AvgIpc) is 2.56. The molecule has 0 radical (unpaired) electrons. The Labute approximate surface area is 83.7 Å². The number of hydrogen-bond donors (Lipinski definition) is 0. The summed E-state index contributed by atoms with van der Waals surface area (Å²) in [6, 6.07) is 1.86. The first-order chi connectivity index (χ1) is 6.74. The molecule has 2 heterocycles. The first kappa shape index (κ1) is 9.31. The number of ether oxygens (including phenoxy) is 1. The van der Waals surface area contributed by atoms with Crippen LogP contribution in [0.3, 0.4) is 0 Å². The van der Waals surface area contributed by atoms with E-state index in [4.69, 9.17) is 4.74 Å². The summed E-state index contributed by atoms with van der Waals surface area (Å²) in [7, 11) is 1.66. The lowest BCUT2D eigenvalue weighted by Gasteiger charge is -2.17. The maximum Gasteiger partial charge on any atom is 0.176 e. The van der Waals surface area contributed by atoms with Crippen molar-refractivity contribution in [3.8, 4) is 5.75 Å². The van der Waals surface area contributed by atoms with E-state index in [9.17, 15) is 4.79 Å². The molecule has 0 unspecified atom stereocenters. The van der Waals surface area contributed by atoms with Crippen molar-refractivity contribution in [2.75, 3.05) is 7.11 Å². The quantitative estimate of drug-likeness (QED) is 0.673. The van der Waals surface area contributed by atoms with Crippen molar-refractivity contribution in [3.05, 3.63) is 17.5 Å². The van der Waals surface area contributed by atoms with Gasteiger partial charge < -0.3 is 9.30 Å². The van der Waals surface area contributed by atoms with Crippen LogP contribution in [-0.4, -0.2) is 17.5 Å². The van der Waals surface area contributed by atoms with Crippen molar-refractivity contribution < 1.29 is 9.53 Å². The highest BCUT2D eigenvalue weighted by Crippen LogP contribution is 2.29. The van der Waals surface area contributed by atoms with Crippen LogP contribution in [0, 0.1) is 0 Å². The van der Waals surface area contributed by atoms with Gasteiger partial charge in [-0.05, 0) is 19.3 Å². The second-order valence-electron chi connectivity index (χ2n) is 3.71. The number of aromatic nitrogens is 1. The highest BCUT2D eigenvalue weighted by Gasteiger charge is 2.20. The van der Waals surface area contributed by atoms with Crippen LogP contribution in [-0.2, 0) is 13.0 Å². The van der Waals surface area contributed by atoms with Gasteiger partial charge in [0, 0.05) is 19.5 Å². The third-order valence-corrected chi connectivity index (χ3v) is 2.79. The number of carbonyl (C=O) groups excluding carboxylic acids is 1. The van der Waals surface area contributed by atoms with Crippen molar-refractivity contribution >= 4 is 5.78 Å². The van der Waals surface area contributed by atoms with Crippen molar-refractivity contribution in [1.29, 1.82) is 0 Å². The minimum atomic E-state index is 0.122. The Morgan fingerprint density at radius 2 is 2.29 bits per heavy atom. The van der Waals surface area contributed by atoms with Crippen molar-refractivity contribution in [3.63, 3.8) is 0 Å². The second-order valence-corrected chi connectivity index (χ2v) is 3.71. The molecule has 0 N–H and O–H groups in total. The summed E-state index contributed by atoms with van der Waals surface area (Å²) in [6.07, 6.45) is 3.37. The van der Waals surface area contributed by atoms with Gasteiger partial charge in [-0.25, -0.2) is 0 Å². The van der Waals surface area contributed by atoms with Crippen LogP contribution in [0.1, 0.15) is 35.9 Å². The highest BCUT2D eigenvalue weighted by molar-refractivity contribution is 5.93. The Kier molecular flexibility index (Phi) is 2.32. The first-order valence-corrected chi connectivity index (χ1v) is 5.01. The van der Waals surface area contributed by atoms with E-state index in [-0.39, 0.29) is 5.78 Å². The number of fused-ring (bicyclic) bond motifs is 1. The molecule has 0 saturated heterocycles. The average molecular weight is 193 g/mol. The Hall–Kier alpha value is -1.25. The topological polar surface area (TPSA) is 31.2 Å². The fraction of sp³-hybridized carbons (Fsp3) is 0.545. The molecule has 76 valence electrons. The van der Waals surface area contributed by atoms with Gasteiger partial charge in [0.25, 0.3) is 0 Å². The molecular formula is C11H15NO2. The Morgan fingerprint density at radius 3 is 2.93 bits per heavy atom. The zero-order valence-corrected chi connectivity index (χ0v) is 8.67. The van der Waals surface area contributed by atoms with Gasteiger partial charge in [0.1, 0.15) is 5.75 Å². The zero-order chi connectivity index (χ0) is 10.1. The number of carbonyl (C=O) groups is 1. The van der Waals surface area contributed by atoms with Crippen LogP contribution in [0.4, 0.5) is 0 Å². The largest absolute Gasteiger partial charge is 0.495 e. The number of Topliss-reactive ketones (excluding diaryl/α,β-unsaturated/α-hetero) is 1. The smallest absolute Gasteiger partial charge is 0.176 e. The van der Waals surface area contributed by atoms with E-state index < -0.39 is 0 Å². The fourth-order valence-corrected chi connectivity index (χ4v) is 2.11. The fourth-order valence-electron chi connectivity index (χ4n) is 2.11. The molecule has 1 aliphatic rings. The first-order valence-electron chi connectivity index (χ1n) is 5.01. The molecular weight excluding hydrogens is 178 g/mol. The Balaban J connectivity index is 2.52. The Morgan fingerprint density at radius 1 is 1.50 bits per heavy atom. The molecule has 1 aromatic rings. The zero-order valence-electron chi connectivity index (χ0n) is 8.67. The summed E-state index contributed by atoms with van der Waals surface area (Å²) in [6.45, 7) is 2.56. The van der Waals surface area contributed by atoms with Crippen LogP contribution < -0.4 is 4.74 Å². The number of methoxy groups -OCH3 is 1. The summed E-state index contributed by atoms with van der Waals surface area (Å²) in [5.41, 5.74) is 1.97. The molecule has 0 aromatic carbocycles. The van der Waals surface area contributed by atoms with Gasteiger partial charge in [-0.1, -0.05) is 0 Å². The van der Waals surface area contributed by atoms with Gasteiger partial charge in [0.2, 0.25) is 0 Å². The van der Waals surface area contributed by atoms with Gasteiger partial charge in [0.15, 0.2) is 5.78 Å². The maximum absolute atomic E-state index is 11.4. The van der Waals surface area contributed by atoms with Crippen molar-refractivity contribution in [1.82, 2.24) is 4.57 Å². The normalized spacial score (nSPS) is 15.0. The predicted molar refractivity (Wildman–Crippen MR) is 53.9 cm³/mol. The molecule has 3 nitrogen and oxygen atoms in total. The molecule has 14 heavy (non-hydrogen) atoms. The predicted octanol–water partition coefficient (Wildman–Crippen LogP) is 2.04. The molecule has 1 aliphatic heterocycles. The summed E-state index contributed by atoms with van der Waals surface area (Å²) in [5, 5.41) is 0. The summed E-state index contributed by atoms with van der Waals surface area (Å²) in [4.78, 5) is 11.4. The van der Waals surface area contributed by atoms with Crippen LogP contribution in [0.15, 0.2) is 6.07 Å². The Bertz CT molecular complexity index is 366. The molecule has 2 rings (SSSR count). The van der Waals surface area contributed by atoms with E-state index >= 15 is 0 Å². The van der Waals surface area contributed by atoms with Gasteiger partial charge in [-0.3, -0.25) is 4.79 Å². The van der Waals surface area contributed by atoms with E-state index in [1.165, 1.54) is 12.1 Å². The molecule has 0 atom stereocenters. The van der Waals surface area contributed by atoms with Gasteiger partial charge in [-0.15, -0.1) is 0 Å². The summed E-state index contributed by atoms with van der Waals surface area (Å²) < 4.78 is 7.37. The third kappa shape index (κ3) is 1.33. The van der Waals surface area contributed by atoms with Crippen molar-refractivity contribution in [2.24, 2.45) is 0 Å². The molecule has 3 heteroatoms. The second kappa shape index (κ2) is 3.48. The van der Waals surface area contributed by atoms with E-state index in [0.717, 1.165) is 30.8 Å². The van der Waals surface area contributed by atoms with Crippen LogP contribution in [0.2, 0.25) is 0 Å². The lowest BCUT2D eigenvalue weighted by atomic mass is 10.1. The molecule has 1 aromatic heterocycles. The standard InChI is InChI=1S/C11H15NO2/c1-8(13)10-7-11(14-2)9-5-3-4-6-12(9)10/h7H,3-6H2,1-2H3. The highest BCUT2D eigenvalue weighted by atomic mass is 16.5. The van der Waals surface area contributed by atoms with Gasteiger partial charge in [0.05, 0.1) is 18.5 Å². The third-order valence-electron chi connectivity index (χ3n) is 2.79. The maximum atomic E-state index is 11.4. The summed E-state index contributed by atoms with van der Waals surface area (Å²) >= 11 is 0. The van der Waals surface area contributed by atoms with Crippen LogP contribution in [0.5, 0.6) is 5.75 Å². The van der Waals surface area contributed by atoms with Gasteiger partial charge >= 0.3 is 0 Å². The minimum absolute atomic E-state index is 0.122. The number of nitrogens with zero attached hydrogens (tertiary/aromatic N) is 1. The molecule has 0 saturated carbocycles. The van der Waals surface area contributed by atoms with Crippen molar-refractivity contribution in [2.45, 2.75) is 32.7 Å². The van der Waals surface area contributed by atoms with E-state index in [1.54, 1.807) is 14.0 Å². The van der Waals surface area contributed by atoms with Crippen LogP contribution >= 0.6 is 0 Å². The molecule has 0 aliphatic carbocycles. The monoisotopic (exact) mass is 193 g/mol. The minimum Gasteiger partial charge on any atom is -0.495 e. The van der Waals surface area contributed by atoms with E-state index in [0.29, 0.717) is 0 Å². The van der Waals surface area contributed by atoms with E-state index in [1.807, 2.05) is 6.07 Å². The summed E-state index contributed by atoms with van der Waals surface area (Å²) in [5.74, 6) is 0.992. The number of hydrogen-bond acceptors (Lipinski definition) is 2. The lowest BCUT2D eigenvalue weighted by molar-refractivity contribution is 0.100. The van der Waals surface area contributed by atoms with Gasteiger partial charge in [-0.2, -0.15) is 0 Å². The molecule has 0 amide bonds. The molecule has 0 spiro atoms. The van der Waals surface area contributed by atoms with E-state index in [2.05, 4.69) is 4.57 Å².